The topological polar surface area (TPSA) is 90.1 Å². The number of anilines is 2. The number of aromatic nitrogens is 2. The van der Waals surface area contributed by atoms with Crippen LogP contribution in [0.3, 0.4) is 0 Å². The Morgan fingerprint density at radius 1 is 1.06 bits per heavy atom. The Morgan fingerprint density at radius 2 is 1.77 bits per heavy atom. The van der Waals surface area contributed by atoms with E-state index < -0.39 is 28.9 Å². The summed E-state index contributed by atoms with van der Waals surface area (Å²) in [5.74, 6) is -3.04. The van der Waals surface area contributed by atoms with Gasteiger partial charge in [-0.3, -0.25) is 4.79 Å². The average molecular weight is 428 g/mol. The second kappa shape index (κ2) is 8.73. The SMILES string of the molecule is NC(=O)c1nncc(-c2c(F)cccc2F)c1Nc1ccc(C2CCOCC2)c(F)c1. The second-order valence-corrected chi connectivity index (χ2v) is 7.19. The van der Waals surface area contributed by atoms with Gasteiger partial charge in [0.15, 0.2) is 5.69 Å². The molecule has 1 aliphatic heterocycles. The van der Waals surface area contributed by atoms with Crippen LogP contribution in [0.2, 0.25) is 0 Å². The molecule has 1 amide bonds. The number of nitrogens with two attached hydrogens (primary N) is 1. The first-order valence-electron chi connectivity index (χ1n) is 9.69. The van der Waals surface area contributed by atoms with Crippen LogP contribution >= 0.6 is 0 Å². The van der Waals surface area contributed by atoms with Gasteiger partial charge in [-0.15, -0.1) is 5.10 Å². The minimum Gasteiger partial charge on any atom is -0.381 e. The van der Waals surface area contributed by atoms with Crippen molar-refractivity contribution in [2.24, 2.45) is 5.73 Å². The minimum absolute atomic E-state index is 0.0506. The summed E-state index contributed by atoms with van der Waals surface area (Å²) in [6.45, 7) is 1.15. The number of hydrogen-bond acceptors (Lipinski definition) is 5. The molecule has 3 aromatic rings. The Bertz CT molecular complexity index is 1110. The van der Waals surface area contributed by atoms with Crippen LogP contribution in [0.25, 0.3) is 11.1 Å². The van der Waals surface area contributed by atoms with Crippen molar-refractivity contribution in [1.29, 1.82) is 0 Å². The number of ether oxygens (including phenoxy) is 1. The van der Waals surface area contributed by atoms with Gasteiger partial charge < -0.3 is 15.8 Å². The molecule has 0 saturated carbocycles. The summed E-state index contributed by atoms with van der Waals surface area (Å²) in [5, 5.41) is 10.2. The Balaban J connectivity index is 1.76. The highest BCUT2D eigenvalue weighted by Crippen LogP contribution is 2.36. The minimum atomic E-state index is -0.951. The van der Waals surface area contributed by atoms with E-state index in [0.717, 1.165) is 31.2 Å². The van der Waals surface area contributed by atoms with Crippen molar-refractivity contribution in [2.45, 2.75) is 18.8 Å². The van der Waals surface area contributed by atoms with Gasteiger partial charge in [0.25, 0.3) is 5.91 Å². The van der Waals surface area contributed by atoms with Crippen LogP contribution in [0, 0.1) is 17.5 Å². The van der Waals surface area contributed by atoms with Gasteiger partial charge in [-0.2, -0.15) is 5.10 Å². The molecule has 0 unspecified atom stereocenters. The number of carbonyl (C=O) groups excluding carboxylic acids is 1. The van der Waals surface area contributed by atoms with Crippen molar-refractivity contribution in [3.8, 4) is 11.1 Å². The zero-order valence-electron chi connectivity index (χ0n) is 16.4. The molecule has 1 saturated heterocycles. The predicted molar refractivity (Wildman–Crippen MR) is 108 cm³/mol. The molecule has 160 valence electrons. The number of nitrogens with zero attached hydrogens (tertiary/aromatic N) is 2. The first-order chi connectivity index (χ1) is 15.0. The van der Waals surface area contributed by atoms with Crippen LogP contribution < -0.4 is 11.1 Å². The monoisotopic (exact) mass is 428 g/mol. The van der Waals surface area contributed by atoms with Gasteiger partial charge in [-0.25, -0.2) is 13.2 Å². The third-order valence-corrected chi connectivity index (χ3v) is 5.25. The van der Waals surface area contributed by atoms with Crippen molar-refractivity contribution < 1.29 is 22.7 Å². The van der Waals surface area contributed by atoms with E-state index in [9.17, 15) is 18.0 Å². The molecule has 1 aliphatic rings. The Kier molecular flexibility index (Phi) is 5.85. The zero-order chi connectivity index (χ0) is 22.0. The first-order valence-corrected chi connectivity index (χ1v) is 9.69. The summed E-state index contributed by atoms with van der Waals surface area (Å²) < 4.78 is 49.0. The first kappa shape index (κ1) is 20.8. The normalized spacial score (nSPS) is 14.4. The van der Waals surface area contributed by atoms with Crippen molar-refractivity contribution in [1.82, 2.24) is 10.2 Å². The maximum Gasteiger partial charge on any atom is 0.271 e. The Hall–Kier alpha value is -3.46. The Morgan fingerprint density at radius 3 is 2.42 bits per heavy atom. The maximum atomic E-state index is 14.8. The molecule has 6 nitrogen and oxygen atoms in total. The summed E-state index contributed by atoms with van der Waals surface area (Å²) in [6.07, 6.45) is 2.56. The van der Waals surface area contributed by atoms with E-state index in [4.69, 9.17) is 10.5 Å². The lowest BCUT2D eigenvalue weighted by Crippen LogP contribution is -2.17. The van der Waals surface area contributed by atoms with Gasteiger partial charge in [0.05, 0.1) is 17.4 Å². The lowest BCUT2D eigenvalue weighted by Gasteiger charge is -2.23. The fraction of sp³-hybridized carbons (Fsp3) is 0.227. The van der Waals surface area contributed by atoms with E-state index in [1.54, 1.807) is 12.1 Å². The smallest absolute Gasteiger partial charge is 0.271 e. The van der Waals surface area contributed by atoms with E-state index in [2.05, 4.69) is 15.5 Å². The molecule has 2 heterocycles. The molecule has 9 heteroatoms. The Labute approximate surface area is 176 Å². The lowest BCUT2D eigenvalue weighted by molar-refractivity contribution is 0.0846. The fourth-order valence-corrected chi connectivity index (χ4v) is 3.72. The van der Waals surface area contributed by atoms with Crippen LogP contribution in [0.4, 0.5) is 24.5 Å². The molecule has 3 N–H and O–H groups in total. The summed E-state index contributed by atoms with van der Waals surface area (Å²) >= 11 is 0. The average Bonchev–Trinajstić information content (AvgIpc) is 2.75. The van der Waals surface area contributed by atoms with Gasteiger partial charge in [0, 0.05) is 24.5 Å². The fourth-order valence-electron chi connectivity index (χ4n) is 3.72. The van der Waals surface area contributed by atoms with Crippen molar-refractivity contribution >= 4 is 17.3 Å². The van der Waals surface area contributed by atoms with Crippen LogP contribution in [0.5, 0.6) is 0 Å². The summed E-state index contributed by atoms with van der Waals surface area (Å²) in [6, 6.07) is 7.91. The molecule has 0 aliphatic carbocycles. The quantitative estimate of drug-likeness (QED) is 0.633. The van der Waals surface area contributed by atoms with Gasteiger partial charge in [-0.1, -0.05) is 12.1 Å². The van der Waals surface area contributed by atoms with Crippen molar-refractivity contribution in [3.05, 3.63) is 71.3 Å². The lowest BCUT2D eigenvalue weighted by atomic mass is 9.91. The molecular formula is C22H19F3N4O2. The maximum absolute atomic E-state index is 14.8. The summed E-state index contributed by atoms with van der Waals surface area (Å²) in [7, 11) is 0. The number of primary amides is 1. The van der Waals surface area contributed by atoms with Crippen LogP contribution in [0.15, 0.2) is 42.6 Å². The number of hydrogen-bond donors (Lipinski definition) is 2. The standard InChI is InChI=1S/C22H19F3N4O2/c23-16-2-1-3-17(24)19(16)15-11-27-29-21(22(26)30)20(15)28-13-4-5-14(18(25)10-13)12-6-8-31-9-7-12/h1-5,10-12H,6-9H2,(H2,26,30)(H,27,28). The number of amides is 1. The predicted octanol–water partition coefficient (Wildman–Crippen LogP) is 4.30. The molecule has 1 fully saturated rings. The number of halogens is 3. The van der Waals surface area contributed by atoms with E-state index in [1.807, 2.05) is 0 Å². The van der Waals surface area contributed by atoms with Crippen molar-refractivity contribution in [3.63, 3.8) is 0 Å². The highest BCUT2D eigenvalue weighted by molar-refractivity contribution is 6.01. The number of carbonyl (C=O) groups is 1. The highest BCUT2D eigenvalue weighted by Gasteiger charge is 2.23. The molecule has 0 spiro atoms. The molecule has 31 heavy (non-hydrogen) atoms. The highest BCUT2D eigenvalue weighted by atomic mass is 19.1. The number of nitrogens with one attached hydrogen (secondary N) is 1. The number of benzene rings is 2. The van der Waals surface area contributed by atoms with Crippen LogP contribution in [-0.2, 0) is 4.74 Å². The molecule has 0 bridgehead atoms. The van der Waals surface area contributed by atoms with Crippen molar-refractivity contribution in [2.75, 3.05) is 18.5 Å². The largest absolute Gasteiger partial charge is 0.381 e. The van der Waals surface area contributed by atoms with Gasteiger partial charge in [-0.05, 0) is 48.6 Å². The second-order valence-electron chi connectivity index (χ2n) is 7.19. The third kappa shape index (κ3) is 4.22. The third-order valence-electron chi connectivity index (χ3n) is 5.25. The van der Waals surface area contributed by atoms with E-state index >= 15 is 0 Å². The van der Waals surface area contributed by atoms with Gasteiger partial charge in [0.2, 0.25) is 0 Å². The summed E-state index contributed by atoms with van der Waals surface area (Å²) in [4.78, 5) is 11.9. The van der Waals surface area contributed by atoms with Gasteiger partial charge in [0.1, 0.15) is 17.5 Å². The molecule has 0 radical (unpaired) electrons. The zero-order valence-corrected chi connectivity index (χ0v) is 16.4. The van der Waals surface area contributed by atoms with E-state index in [1.165, 1.54) is 12.1 Å². The van der Waals surface area contributed by atoms with Crippen LogP contribution in [-0.4, -0.2) is 29.3 Å². The molecule has 1 aromatic heterocycles. The van der Waals surface area contributed by atoms with E-state index in [-0.39, 0.29) is 28.6 Å². The molecular weight excluding hydrogens is 409 g/mol. The molecule has 0 atom stereocenters. The molecule has 4 rings (SSSR count). The molecule has 2 aromatic carbocycles. The van der Waals surface area contributed by atoms with Crippen LogP contribution in [0.1, 0.15) is 34.8 Å². The van der Waals surface area contributed by atoms with E-state index in [0.29, 0.717) is 18.8 Å². The van der Waals surface area contributed by atoms with Gasteiger partial charge >= 0.3 is 0 Å². The number of rotatable bonds is 5. The summed E-state index contributed by atoms with van der Waals surface area (Å²) in [5.41, 5.74) is 5.37.